The summed E-state index contributed by atoms with van der Waals surface area (Å²) in [4.78, 5) is 12.0. The first kappa shape index (κ1) is 26.1. The molecule has 1 heterocycles. The van der Waals surface area contributed by atoms with Gasteiger partial charge in [-0.1, -0.05) is 121 Å². The van der Waals surface area contributed by atoms with Gasteiger partial charge in [0.05, 0.1) is 5.92 Å². The number of rotatable bonds is 18. The molecule has 0 fully saturated rings. The number of pyridine rings is 1. The molecule has 176 valence electrons. The van der Waals surface area contributed by atoms with Crippen LogP contribution in [0.25, 0.3) is 5.69 Å². The Hall–Kier alpha value is -2.16. The molecular weight excluding hydrogens is 394 g/mol. The molecule has 1 N–H and O–H groups in total. The molecule has 2 rings (SSSR count). The zero-order valence-corrected chi connectivity index (χ0v) is 20.2. The second kappa shape index (κ2) is 16.5. The molecular formula is C29H44NO2+. The monoisotopic (exact) mass is 438 g/mol. The third-order valence-corrected chi connectivity index (χ3v) is 6.45. The van der Waals surface area contributed by atoms with E-state index in [9.17, 15) is 9.90 Å². The van der Waals surface area contributed by atoms with Crippen LogP contribution < -0.4 is 4.57 Å². The minimum atomic E-state index is -0.719. The van der Waals surface area contributed by atoms with Gasteiger partial charge in [-0.25, -0.2) is 0 Å². The molecule has 0 radical (unpaired) electrons. The number of benzene rings is 1. The lowest BCUT2D eigenvalue weighted by Crippen LogP contribution is -2.32. The highest BCUT2D eigenvalue weighted by atomic mass is 16.4. The lowest BCUT2D eigenvalue weighted by Gasteiger charge is -2.14. The van der Waals surface area contributed by atoms with Crippen molar-refractivity contribution in [2.24, 2.45) is 0 Å². The maximum atomic E-state index is 12.0. The number of para-hydroxylation sites is 1. The molecule has 0 spiro atoms. The number of aromatic nitrogens is 1. The smallest absolute Gasteiger partial charge is 0.311 e. The standard InChI is InChI=1S/C29H43NO2/c1-2-3-4-5-6-7-8-9-10-11-12-13-14-16-22-27(29(31)32)26-21-17-18-23-28(26)30-24-19-15-20-25-30/h15,17-21,23-25,27H,2-14,16,22H2,1H3/p+1. The van der Waals surface area contributed by atoms with E-state index < -0.39 is 11.9 Å². The van der Waals surface area contributed by atoms with Crippen molar-refractivity contribution in [1.82, 2.24) is 0 Å². The van der Waals surface area contributed by atoms with E-state index >= 15 is 0 Å². The third-order valence-electron chi connectivity index (χ3n) is 6.45. The van der Waals surface area contributed by atoms with Gasteiger partial charge in [-0.05, 0) is 6.42 Å². The number of carboxylic acids is 1. The van der Waals surface area contributed by atoms with E-state index in [-0.39, 0.29) is 0 Å². The van der Waals surface area contributed by atoms with Gasteiger partial charge in [-0.15, -0.1) is 0 Å². The van der Waals surface area contributed by atoms with E-state index in [1.165, 1.54) is 77.0 Å². The Balaban J connectivity index is 1.63. The predicted molar refractivity (Wildman–Crippen MR) is 133 cm³/mol. The molecule has 1 aromatic heterocycles. The maximum Gasteiger partial charge on any atom is 0.311 e. The van der Waals surface area contributed by atoms with Crippen molar-refractivity contribution >= 4 is 5.97 Å². The molecule has 1 atom stereocenters. The Bertz CT molecular complexity index is 744. The van der Waals surface area contributed by atoms with Crippen LogP contribution in [0.3, 0.4) is 0 Å². The quantitative estimate of drug-likeness (QED) is 0.189. The van der Waals surface area contributed by atoms with E-state index in [2.05, 4.69) is 6.92 Å². The van der Waals surface area contributed by atoms with Crippen LogP contribution in [-0.4, -0.2) is 11.1 Å². The summed E-state index contributed by atoms with van der Waals surface area (Å²) in [5.41, 5.74) is 1.87. The number of unbranched alkanes of at least 4 members (excludes halogenated alkanes) is 13. The van der Waals surface area contributed by atoms with E-state index in [0.717, 1.165) is 24.1 Å². The highest BCUT2D eigenvalue weighted by molar-refractivity contribution is 5.77. The molecule has 1 unspecified atom stereocenters. The summed E-state index contributed by atoms with van der Waals surface area (Å²) in [5.74, 6) is -1.17. The highest BCUT2D eigenvalue weighted by Gasteiger charge is 2.25. The molecule has 1 aromatic carbocycles. The van der Waals surface area contributed by atoms with Crippen molar-refractivity contribution in [2.75, 3.05) is 0 Å². The van der Waals surface area contributed by atoms with Gasteiger partial charge in [0, 0.05) is 23.8 Å². The van der Waals surface area contributed by atoms with Crippen molar-refractivity contribution in [3.8, 4) is 5.69 Å². The second-order valence-corrected chi connectivity index (χ2v) is 9.12. The van der Waals surface area contributed by atoms with Crippen molar-refractivity contribution < 1.29 is 14.5 Å². The van der Waals surface area contributed by atoms with E-state index in [1.54, 1.807) is 0 Å². The van der Waals surface area contributed by atoms with Gasteiger partial charge in [0.2, 0.25) is 5.69 Å². The Morgan fingerprint density at radius 3 is 1.75 bits per heavy atom. The fourth-order valence-corrected chi connectivity index (χ4v) is 4.53. The first-order chi connectivity index (χ1) is 15.7. The number of hydrogen-bond donors (Lipinski definition) is 1. The summed E-state index contributed by atoms with van der Waals surface area (Å²) < 4.78 is 2.01. The molecule has 0 bridgehead atoms. The lowest BCUT2D eigenvalue weighted by atomic mass is 9.91. The van der Waals surface area contributed by atoms with Crippen LogP contribution in [0.5, 0.6) is 0 Å². The third kappa shape index (κ3) is 9.97. The summed E-state index contributed by atoms with van der Waals surface area (Å²) >= 11 is 0. The van der Waals surface area contributed by atoms with Crippen LogP contribution in [0.1, 0.15) is 115 Å². The number of carbonyl (C=O) groups is 1. The summed E-state index contributed by atoms with van der Waals surface area (Å²) in [6.07, 6.45) is 23.1. The normalized spacial score (nSPS) is 12.0. The van der Waals surface area contributed by atoms with E-state index in [4.69, 9.17) is 0 Å². The molecule has 0 aliphatic carbocycles. The molecule has 32 heavy (non-hydrogen) atoms. The Labute approximate surface area is 195 Å². The largest absolute Gasteiger partial charge is 0.481 e. The van der Waals surface area contributed by atoms with E-state index in [0.29, 0.717) is 6.42 Å². The molecule has 3 heteroatoms. The van der Waals surface area contributed by atoms with Crippen molar-refractivity contribution in [1.29, 1.82) is 0 Å². The zero-order chi connectivity index (χ0) is 22.9. The van der Waals surface area contributed by atoms with Crippen LogP contribution in [0.4, 0.5) is 0 Å². The number of aliphatic carboxylic acids is 1. The fraction of sp³-hybridized carbons (Fsp3) is 0.586. The minimum Gasteiger partial charge on any atom is -0.481 e. The molecule has 0 aliphatic rings. The first-order valence-electron chi connectivity index (χ1n) is 13.0. The molecule has 2 aromatic rings. The first-order valence-corrected chi connectivity index (χ1v) is 13.0. The summed E-state index contributed by atoms with van der Waals surface area (Å²) in [5, 5.41) is 9.89. The van der Waals surface area contributed by atoms with E-state index in [1.807, 2.05) is 59.4 Å². The number of carboxylic acid groups (broad SMARTS) is 1. The Morgan fingerprint density at radius 2 is 1.22 bits per heavy atom. The zero-order valence-electron chi connectivity index (χ0n) is 20.2. The topological polar surface area (TPSA) is 41.2 Å². The lowest BCUT2D eigenvalue weighted by molar-refractivity contribution is -0.596. The van der Waals surface area contributed by atoms with Gasteiger partial charge in [0.25, 0.3) is 0 Å². The molecule has 3 nitrogen and oxygen atoms in total. The predicted octanol–water partition coefficient (Wildman–Crippen LogP) is 8.00. The Morgan fingerprint density at radius 1 is 0.719 bits per heavy atom. The second-order valence-electron chi connectivity index (χ2n) is 9.12. The van der Waals surface area contributed by atoms with Crippen LogP contribution in [0.2, 0.25) is 0 Å². The maximum absolute atomic E-state index is 12.0. The van der Waals surface area contributed by atoms with Gasteiger partial charge in [0.1, 0.15) is 0 Å². The van der Waals surface area contributed by atoms with Gasteiger partial charge in [0.15, 0.2) is 12.4 Å². The van der Waals surface area contributed by atoms with Gasteiger partial charge >= 0.3 is 5.97 Å². The fourth-order valence-electron chi connectivity index (χ4n) is 4.53. The van der Waals surface area contributed by atoms with Crippen molar-refractivity contribution in [2.45, 2.75) is 109 Å². The summed E-state index contributed by atoms with van der Waals surface area (Å²) in [6.45, 7) is 2.27. The van der Waals surface area contributed by atoms with Crippen LogP contribution in [0, 0.1) is 0 Å². The molecule has 0 aliphatic heterocycles. The summed E-state index contributed by atoms with van der Waals surface area (Å²) in [7, 11) is 0. The average Bonchev–Trinajstić information content (AvgIpc) is 2.82. The average molecular weight is 439 g/mol. The van der Waals surface area contributed by atoms with Gasteiger partial charge in [-0.3, -0.25) is 4.79 Å². The van der Waals surface area contributed by atoms with Gasteiger partial charge < -0.3 is 5.11 Å². The molecule has 0 saturated heterocycles. The van der Waals surface area contributed by atoms with Crippen LogP contribution in [-0.2, 0) is 4.79 Å². The molecule has 0 saturated carbocycles. The summed E-state index contributed by atoms with van der Waals surface area (Å²) in [6, 6.07) is 13.8. The van der Waals surface area contributed by atoms with Crippen LogP contribution in [0.15, 0.2) is 54.9 Å². The SMILES string of the molecule is CCCCCCCCCCCCCCCCC(C(=O)O)c1ccccc1-[n+]1ccccc1. The van der Waals surface area contributed by atoms with Crippen molar-refractivity contribution in [3.63, 3.8) is 0 Å². The number of nitrogens with zero attached hydrogens (tertiary/aromatic N) is 1. The minimum absolute atomic E-state index is 0.448. The number of hydrogen-bond acceptors (Lipinski definition) is 1. The van der Waals surface area contributed by atoms with Gasteiger partial charge in [-0.2, -0.15) is 4.57 Å². The van der Waals surface area contributed by atoms with Crippen molar-refractivity contribution in [3.05, 3.63) is 60.4 Å². The molecule has 0 amide bonds. The Kier molecular flexibility index (Phi) is 13.4. The van der Waals surface area contributed by atoms with Crippen LogP contribution >= 0.6 is 0 Å². The highest BCUT2D eigenvalue weighted by Crippen LogP contribution is 2.26.